The molecule has 0 radical (unpaired) electrons. The summed E-state index contributed by atoms with van der Waals surface area (Å²) in [5.41, 5.74) is 1.29. The molecule has 1 amide bonds. The fraction of sp³-hybridized carbons (Fsp3) is 0.632. The molecule has 0 aliphatic heterocycles. The van der Waals surface area contributed by atoms with Crippen molar-refractivity contribution in [1.29, 1.82) is 0 Å². The molecular formula is C19H27N3O2S2. The molecular weight excluding hydrogens is 366 g/mol. The average molecular weight is 394 g/mol. The zero-order valence-electron chi connectivity index (χ0n) is 15.6. The van der Waals surface area contributed by atoms with Crippen LogP contribution in [0.3, 0.4) is 0 Å². The number of unbranched alkanes of at least 4 members (excludes halogenated alkanes) is 2. The number of aromatic nitrogens is 2. The second-order valence-corrected chi connectivity index (χ2v) is 8.76. The molecule has 1 N–H and O–H groups in total. The Morgan fingerprint density at radius 3 is 2.88 bits per heavy atom. The molecule has 0 bridgehead atoms. The lowest BCUT2D eigenvalue weighted by molar-refractivity contribution is -0.118. The first-order valence-corrected chi connectivity index (χ1v) is 11.4. The summed E-state index contributed by atoms with van der Waals surface area (Å²) in [5, 5.41) is 4.45. The van der Waals surface area contributed by atoms with Gasteiger partial charge in [0.1, 0.15) is 4.83 Å². The predicted molar refractivity (Wildman–Crippen MR) is 109 cm³/mol. The van der Waals surface area contributed by atoms with Crippen LogP contribution in [0, 0.1) is 0 Å². The highest BCUT2D eigenvalue weighted by Gasteiger charge is 2.23. The van der Waals surface area contributed by atoms with E-state index in [4.69, 9.17) is 4.98 Å². The highest BCUT2D eigenvalue weighted by atomic mass is 32.2. The monoisotopic (exact) mass is 393 g/mol. The fourth-order valence-electron chi connectivity index (χ4n) is 3.37. The Kier molecular flexibility index (Phi) is 6.75. The van der Waals surface area contributed by atoms with Crippen molar-refractivity contribution in [1.82, 2.24) is 14.9 Å². The number of thioether (sulfide) groups is 1. The van der Waals surface area contributed by atoms with Crippen molar-refractivity contribution in [2.45, 2.75) is 70.5 Å². The van der Waals surface area contributed by atoms with Crippen molar-refractivity contribution in [2.75, 3.05) is 12.3 Å². The molecule has 2 aromatic heterocycles. The molecule has 2 aromatic rings. The van der Waals surface area contributed by atoms with Gasteiger partial charge in [0.15, 0.2) is 5.16 Å². The normalized spacial score (nSPS) is 13.3. The van der Waals surface area contributed by atoms with Crippen LogP contribution in [0.1, 0.15) is 56.4 Å². The van der Waals surface area contributed by atoms with Gasteiger partial charge in [-0.2, -0.15) is 0 Å². The molecule has 5 nitrogen and oxygen atoms in total. The van der Waals surface area contributed by atoms with Crippen molar-refractivity contribution < 1.29 is 4.79 Å². The third-order valence-electron chi connectivity index (χ3n) is 4.67. The number of aryl methyl sites for hydroxylation is 2. The molecule has 0 saturated carbocycles. The average Bonchev–Trinajstić information content (AvgIpc) is 3.20. The highest BCUT2D eigenvalue weighted by molar-refractivity contribution is 7.99. The summed E-state index contributed by atoms with van der Waals surface area (Å²) in [6, 6.07) is 0. The second kappa shape index (κ2) is 9.04. The van der Waals surface area contributed by atoms with Gasteiger partial charge in [-0.25, -0.2) is 4.98 Å². The summed E-state index contributed by atoms with van der Waals surface area (Å²) < 4.78 is 1.77. The maximum absolute atomic E-state index is 13.1. The number of nitrogens with zero attached hydrogens (tertiary/aromatic N) is 2. The lowest BCUT2D eigenvalue weighted by Crippen LogP contribution is -2.27. The smallest absolute Gasteiger partial charge is 0.263 e. The van der Waals surface area contributed by atoms with Gasteiger partial charge in [0, 0.05) is 18.0 Å². The summed E-state index contributed by atoms with van der Waals surface area (Å²) in [4.78, 5) is 32.1. The van der Waals surface area contributed by atoms with Crippen LogP contribution in [0.2, 0.25) is 0 Å². The van der Waals surface area contributed by atoms with Crippen molar-refractivity contribution in [3.8, 4) is 0 Å². The lowest BCUT2D eigenvalue weighted by atomic mass is 10.2. The standard InChI is InChI=1S/C19H27N3O2S2/c1-3-5-6-10-20-15(23)12-25-19-21-17-16(18(24)22(19)11-4-2)13-8-7-9-14(13)26-17/h3-12H2,1-2H3,(H,20,23). The fourth-order valence-corrected chi connectivity index (χ4v) is 5.53. The van der Waals surface area contributed by atoms with E-state index in [0.29, 0.717) is 17.5 Å². The minimum Gasteiger partial charge on any atom is -0.355 e. The van der Waals surface area contributed by atoms with Crippen molar-refractivity contribution in [3.63, 3.8) is 0 Å². The number of nitrogens with one attached hydrogen (secondary N) is 1. The van der Waals surface area contributed by atoms with Gasteiger partial charge in [-0.3, -0.25) is 14.2 Å². The van der Waals surface area contributed by atoms with E-state index in [1.807, 2.05) is 0 Å². The van der Waals surface area contributed by atoms with E-state index in [0.717, 1.165) is 61.7 Å². The van der Waals surface area contributed by atoms with Crippen LogP contribution in [0.25, 0.3) is 10.2 Å². The van der Waals surface area contributed by atoms with Crippen molar-refractivity contribution in [2.24, 2.45) is 0 Å². The summed E-state index contributed by atoms with van der Waals surface area (Å²) in [6.07, 6.45) is 7.35. The Morgan fingerprint density at radius 2 is 2.12 bits per heavy atom. The lowest BCUT2D eigenvalue weighted by Gasteiger charge is -2.11. The molecule has 0 unspecified atom stereocenters. The van der Waals surface area contributed by atoms with E-state index in [1.165, 1.54) is 22.2 Å². The molecule has 142 valence electrons. The van der Waals surface area contributed by atoms with Gasteiger partial charge >= 0.3 is 0 Å². The summed E-state index contributed by atoms with van der Waals surface area (Å²) >= 11 is 3.03. The number of hydrogen-bond acceptors (Lipinski definition) is 5. The number of thiophene rings is 1. The van der Waals surface area contributed by atoms with Crippen LogP contribution in [0.15, 0.2) is 9.95 Å². The Labute approximate surface area is 162 Å². The van der Waals surface area contributed by atoms with E-state index >= 15 is 0 Å². The quantitative estimate of drug-likeness (QED) is 0.400. The van der Waals surface area contributed by atoms with E-state index in [1.54, 1.807) is 15.9 Å². The Morgan fingerprint density at radius 1 is 1.27 bits per heavy atom. The first-order chi connectivity index (χ1) is 12.7. The number of carbonyl (C=O) groups is 1. The molecule has 26 heavy (non-hydrogen) atoms. The first kappa shape index (κ1) is 19.4. The zero-order chi connectivity index (χ0) is 18.5. The topological polar surface area (TPSA) is 64.0 Å². The molecule has 1 aliphatic rings. The number of amides is 1. The van der Waals surface area contributed by atoms with E-state index in [2.05, 4.69) is 19.2 Å². The largest absolute Gasteiger partial charge is 0.355 e. The van der Waals surface area contributed by atoms with Crippen LogP contribution in [0.4, 0.5) is 0 Å². The van der Waals surface area contributed by atoms with Crippen LogP contribution < -0.4 is 10.9 Å². The molecule has 0 saturated heterocycles. The van der Waals surface area contributed by atoms with Crippen LogP contribution >= 0.6 is 23.1 Å². The van der Waals surface area contributed by atoms with Gasteiger partial charge in [0.25, 0.3) is 5.56 Å². The number of carbonyl (C=O) groups excluding carboxylic acids is 1. The van der Waals surface area contributed by atoms with E-state index in [-0.39, 0.29) is 11.5 Å². The molecule has 0 atom stereocenters. The van der Waals surface area contributed by atoms with Gasteiger partial charge in [-0.05, 0) is 37.7 Å². The molecule has 1 aliphatic carbocycles. The SMILES string of the molecule is CCCCCNC(=O)CSc1nc2sc3c(c2c(=O)n1CCC)CCC3. The van der Waals surface area contributed by atoms with Crippen molar-refractivity contribution in [3.05, 3.63) is 20.8 Å². The molecule has 3 rings (SSSR count). The number of fused-ring (bicyclic) bond motifs is 3. The summed E-state index contributed by atoms with van der Waals surface area (Å²) in [5.74, 6) is 0.316. The Hall–Kier alpha value is -1.34. The van der Waals surface area contributed by atoms with Gasteiger partial charge in [0.2, 0.25) is 5.91 Å². The molecule has 0 fully saturated rings. The first-order valence-electron chi connectivity index (χ1n) is 9.60. The van der Waals surface area contributed by atoms with E-state index < -0.39 is 0 Å². The third-order valence-corrected chi connectivity index (χ3v) is 6.83. The van der Waals surface area contributed by atoms with Gasteiger partial charge < -0.3 is 5.32 Å². The van der Waals surface area contributed by atoms with Gasteiger partial charge in [-0.1, -0.05) is 38.5 Å². The van der Waals surface area contributed by atoms with Crippen LogP contribution in [0.5, 0.6) is 0 Å². The van der Waals surface area contributed by atoms with Crippen LogP contribution in [-0.2, 0) is 24.2 Å². The number of hydrogen-bond donors (Lipinski definition) is 1. The Bertz CT molecular complexity index is 841. The molecule has 0 aromatic carbocycles. The number of rotatable bonds is 9. The third kappa shape index (κ3) is 4.14. The predicted octanol–water partition coefficient (Wildman–Crippen LogP) is 3.76. The zero-order valence-corrected chi connectivity index (χ0v) is 17.2. The molecule has 0 spiro atoms. The molecule has 2 heterocycles. The Balaban J connectivity index is 1.78. The maximum atomic E-state index is 13.1. The minimum atomic E-state index is 0.0113. The van der Waals surface area contributed by atoms with Gasteiger partial charge in [0.05, 0.1) is 11.1 Å². The molecule has 7 heteroatoms. The van der Waals surface area contributed by atoms with E-state index in [9.17, 15) is 9.59 Å². The maximum Gasteiger partial charge on any atom is 0.263 e. The van der Waals surface area contributed by atoms with Crippen molar-refractivity contribution >= 4 is 39.2 Å². The summed E-state index contributed by atoms with van der Waals surface area (Å²) in [7, 11) is 0. The minimum absolute atomic E-state index is 0.0113. The summed E-state index contributed by atoms with van der Waals surface area (Å²) in [6.45, 7) is 5.57. The second-order valence-electron chi connectivity index (χ2n) is 6.73. The van der Waals surface area contributed by atoms with Gasteiger partial charge in [-0.15, -0.1) is 11.3 Å². The highest BCUT2D eigenvalue weighted by Crippen LogP contribution is 2.35. The van der Waals surface area contributed by atoms with Crippen LogP contribution in [-0.4, -0.2) is 27.8 Å².